The van der Waals surface area contributed by atoms with Crippen LogP contribution in [0.3, 0.4) is 0 Å². The molecule has 2 N–H and O–H groups in total. The van der Waals surface area contributed by atoms with Gasteiger partial charge in [0.15, 0.2) is 0 Å². The van der Waals surface area contributed by atoms with Crippen molar-refractivity contribution >= 4 is 5.97 Å². The molecule has 6 nitrogen and oxygen atoms in total. The molecule has 0 radical (unpaired) electrons. The van der Waals surface area contributed by atoms with Gasteiger partial charge in [0.25, 0.3) is 0 Å². The molecule has 2 rings (SSSR count). The molecule has 2 aliphatic heterocycles. The van der Waals surface area contributed by atoms with Crippen molar-refractivity contribution in [2.45, 2.75) is 44.1 Å². The number of hydrogen-bond acceptors (Lipinski definition) is 6. The van der Waals surface area contributed by atoms with Gasteiger partial charge in [-0.25, -0.2) is 4.90 Å². The quantitative estimate of drug-likeness (QED) is 0.656. The SMILES string of the molecule is CN1CCCC1(C)C(=O)OCN1CCC(O)C1O. The highest BCUT2D eigenvalue weighted by Crippen LogP contribution is 2.28. The molecule has 3 atom stereocenters. The maximum atomic E-state index is 12.1. The summed E-state index contributed by atoms with van der Waals surface area (Å²) in [5.41, 5.74) is -0.552. The maximum absolute atomic E-state index is 12.1. The third kappa shape index (κ3) is 2.38. The lowest BCUT2D eigenvalue weighted by molar-refractivity contribution is -0.164. The van der Waals surface area contributed by atoms with Crippen LogP contribution in [0.5, 0.6) is 0 Å². The van der Waals surface area contributed by atoms with Crippen LogP contribution < -0.4 is 0 Å². The van der Waals surface area contributed by atoms with Gasteiger partial charge < -0.3 is 14.9 Å². The minimum absolute atomic E-state index is 0.0422. The predicted molar refractivity (Wildman–Crippen MR) is 64.6 cm³/mol. The highest BCUT2D eigenvalue weighted by Gasteiger charge is 2.43. The third-order valence-electron chi connectivity index (χ3n) is 4.23. The minimum Gasteiger partial charge on any atom is -0.448 e. The van der Waals surface area contributed by atoms with E-state index in [0.717, 1.165) is 19.4 Å². The molecule has 2 fully saturated rings. The summed E-state index contributed by atoms with van der Waals surface area (Å²) in [6.45, 7) is 3.37. The molecule has 0 amide bonds. The van der Waals surface area contributed by atoms with E-state index in [1.165, 1.54) is 0 Å². The Hall–Kier alpha value is -0.690. The number of hydrogen-bond donors (Lipinski definition) is 2. The number of aliphatic hydroxyl groups is 2. The molecule has 0 aromatic heterocycles. The summed E-state index contributed by atoms with van der Waals surface area (Å²) >= 11 is 0. The Morgan fingerprint density at radius 1 is 1.44 bits per heavy atom. The van der Waals surface area contributed by atoms with Gasteiger partial charge in [-0.05, 0) is 39.8 Å². The van der Waals surface area contributed by atoms with Gasteiger partial charge in [-0.1, -0.05) is 0 Å². The van der Waals surface area contributed by atoms with Crippen LogP contribution in [0.15, 0.2) is 0 Å². The number of nitrogens with zero attached hydrogens (tertiary/aromatic N) is 2. The van der Waals surface area contributed by atoms with E-state index >= 15 is 0 Å². The molecule has 0 spiro atoms. The fraction of sp³-hybridized carbons (Fsp3) is 0.917. The lowest BCUT2D eigenvalue weighted by Crippen LogP contribution is -2.48. The van der Waals surface area contributed by atoms with Crippen LogP contribution in [-0.2, 0) is 9.53 Å². The number of aliphatic hydroxyl groups excluding tert-OH is 2. The van der Waals surface area contributed by atoms with Crippen molar-refractivity contribution in [2.75, 3.05) is 26.9 Å². The van der Waals surface area contributed by atoms with Crippen LogP contribution in [0.2, 0.25) is 0 Å². The standard InChI is InChI=1S/C12H22N2O4/c1-12(5-3-6-13(12)2)11(17)18-8-14-7-4-9(15)10(14)16/h9-10,15-16H,3-8H2,1-2H3. The van der Waals surface area contributed by atoms with Crippen molar-refractivity contribution in [3.05, 3.63) is 0 Å². The Kier molecular flexibility index (Phi) is 3.91. The average Bonchev–Trinajstić information content (AvgIpc) is 2.84. The van der Waals surface area contributed by atoms with Gasteiger partial charge in [-0.2, -0.15) is 0 Å². The smallest absolute Gasteiger partial charge is 0.327 e. The summed E-state index contributed by atoms with van der Waals surface area (Å²) in [4.78, 5) is 15.7. The molecule has 2 aliphatic rings. The lowest BCUT2D eigenvalue weighted by Gasteiger charge is -2.30. The molecule has 0 saturated carbocycles. The van der Waals surface area contributed by atoms with Crippen molar-refractivity contribution in [1.29, 1.82) is 0 Å². The van der Waals surface area contributed by atoms with Gasteiger partial charge in [0.2, 0.25) is 0 Å². The highest BCUT2D eigenvalue weighted by atomic mass is 16.6. The summed E-state index contributed by atoms with van der Waals surface area (Å²) in [6.07, 6.45) is 0.636. The molecule has 6 heteroatoms. The number of likely N-dealkylation sites (tertiary alicyclic amines) is 2. The summed E-state index contributed by atoms with van der Waals surface area (Å²) < 4.78 is 5.28. The van der Waals surface area contributed by atoms with Crippen molar-refractivity contribution in [1.82, 2.24) is 9.80 Å². The largest absolute Gasteiger partial charge is 0.448 e. The van der Waals surface area contributed by atoms with Crippen LogP contribution in [0.1, 0.15) is 26.2 Å². The van der Waals surface area contributed by atoms with Crippen LogP contribution in [-0.4, -0.2) is 70.7 Å². The number of likely N-dealkylation sites (N-methyl/N-ethyl adjacent to an activating group) is 1. The van der Waals surface area contributed by atoms with Gasteiger partial charge in [0.1, 0.15) is 18.5 Å². The van der Waals surface area contributed by atoms with Crippen molar-refractivity contribution in [3.63, 3.8) is 0 Å². The number of carbonyl (C=O) groups is 1. The first-order chi connectivity index (χ1) is 8.45. The second-order valence-electron chi connectivity index (χ2n) is 5.44. The van der Waals surface area contributed by atoms with Crippen LogP contribution in [0, 0.1) is 0 Å². The molecule has 0 bridgehead atoms. The van der Waals surface area contributed by atoms with E-state index in [9.17, 15) is 15.0 Å². The Balaban J connectivity index is 1.85. The van der Waals surface area contributed by atoms with Crippen molar-refractivity contribution in [3.8, 4) is 0 Å². The molecule has 3 unspecified atom stereocenters. The minimum atomic E-state index is -0.924. The van der Waals surface area contributed by atoms with Crippen molar-refractivity contribution < 1.29 is 19.7 Å². The Bertz CT molecular complexity index is 325. The zero-order chi connectivity index (χ0) is 13.3. The summed E-state index contributed by atoms with van der Waals surface area (Å²) in [5, 5.41) is 19.0. The van der Waals surface area contributed by atoms with E-state index < -0.39 is 17.9 Å². The molecule has 2 heterocycles. The van der Waals surface area contributed by atoms with E-state index in [1.54, 1.807) is 4.90 Å². The van der Waals surface area contributed by atoms with E-state index in [4.69, 9.17) is 4.74 Å². The second-order valence-corrected chi connectivity index (χ2v) is 5.44. The van der Waals surface area contributed by atoms with Gasteiger partial charge in [0, 0.05) is 6.54 Å². The maximum Gasteiger partial charge on any atom is 0.327 e. The number of esters is 1. The van der Waals surface area contributed by atoms with Gasteiger partial charge in [0.05, 0.1) is 6.10 Å². The first-order valence-corrected chi connectivity index (χ1v) is 6.44. The molecule has 18 heavy (non-hydrogen) atoms. The summed E-state index contributed by atoms with van der Waals surface area (Å²) in [7, 11) is 1.92. The van der Waals surface area contributed by atoms with Gasteiger partial charge in [-0.3, -0.25) is 9.69 Å². The Morgan fingerprint density at radius 2 is 2.17 bits per heavy atom. The molecule has 0 aromatic carbocycles. The first-order valence-electron chi connectivity index (χ1n) is 6.44. The van der Waals surface area contributed by atoms with Crippen LogP contribution in [0.25, 0.3) is 0 Å². The first kappa shape index (κ1) is 13.7. The zero-order valence-electron chi connectivity index (χ0n) is 11.0. The number of carbonyl (C=O) groups excluding carboxylic acids is 1. The zero-order valence-corrected chi connectivity index (χ0v) is 11.0. The third-order valence-corrected chi connectivity index (χ3v) is 4.23. The number of rotatable bonds is 3. The topological polar surface area (TPSA) is 73.2 Å². The van der Waals surface area contributed by atoms with E-state index in [0.29, 0.717) is 13.0 Å². The molecule has 104 valence electrons. The lowest BCUT2D eigenvalue weighted by atomic mass is 10.00. The summed E-state index contributed by atoms with van der Waals surface area (Å²) in [5.74, 6) is -0.254. The van der Waals surface area contributed by atoms with E-state index in [1.807, 2.05) is 18.9 Å². The summed E-state index contributed by atoms with van der Waals surface area (Å²) in [6, 6.07) is 0. The van der Waals surface area contributed by atoms with Crippen LogP contribution >= 0.6 is 0 Å². The number of ether oxygens (including phenoxy) is 1. The second kappa shape index (κ2) is 5.13. The Morgan fingerprint density at radius 3 is 2.67 bits per heavy atom. The van der Waals surface area contributed by atoms with E-state index in [-0.39, 0.29) is 12.7 Å². The fourth-order valence-electron chi connectivity index (χ4n) is 2.62. The Labute approximate surface area is 107 Å². The van der Waals surface area contributed by atoms with Gasteiger partial charge >= 0.3 is 5.97 Å². The highest BCUT2D eigenvalue weighted by molar-refractivity contribution is 5.80. The molecule has 2 saturated heterocycles. The normalized spacial score (nSPS) is 38.2. The van der Waals surface area contributed by atoms with Gasteiger partial charge in [-0.15, -0.1) is 0 Å². The fourth-order valence-corrected chi connectivity index (χ4v) is 2.62. The van der Waals surface area contributed by atoms with E-state index in [2.05, 4.69) is 0 Å². The molecule has 0 aliphatic carbocycles. The monoisotopic (exact) mass is 258 g/mol. The molecular formula is C12H22N2O4. The molecule has 0 aromatic rings. The van der Waals surface area contributed by atoms with Crippen molar-refractivity contribution in [2.24, 2.45) is 0 Å². The van der Waals surface area contributed by atoms with Crippen LogP contribution in [0.4, 0.5) is 0 Å². The predicted octanol–water partition coefficient (Wildman–Crippen LogP) is -0.644. The average molecular weight is 258 g/mol. The molecular weight excluding hydrogens is 236 g/mol.